The average molecular weight is 389 g/mol. The zero-order valence-electron chi connectivity index (χ0n) is 17.9. The van der Waals surface area contributed by atoms with Gasteiger partial charge in [-0.1, -0.05) is 101 Å². The van der Waals surface area contributed by atoms with Crippen LogP contribution in [-0.2, 0) is 20.9 Å². The van der Waals surface area contributed by atoms with E-state index in [4.69, 9.17) is 9.47 Å². The van der Waals surface area contributed by atoms with E-state index in [0.29, 0.717) is 25.2 Å². The number of benzene rings is 1. The van der Waals surface area contributed by atoms with Crippen LogP contribution in [0, 0.1) is 0 Å². The Morgan fingerprint density at radius 2 is 1.39 bits per heavy atom. The number of epoxide rings is 1. The third-order valence-electron chi connectivity index (χ3n) is 5.64. The SMILES string of the molecule is CCCCCCCCCC1OC1CCCCCCC(=O)OCc1ccccc1. The number of unbranched alkanes of at least 4 members (excludes halogenated alkanes) is 9. The first-order valence-electron chi connectivity index (χ1n) is 11.6. The van der Waals surface area contributed by atoms with E-state index >= 15 is 0 Å². The van der Waals surface area contributed by atoms with Crippen molar-refractivity contribution in [2.75, 3.05) is 0 Å². The fraction of sp³-hybridized carbons (Fsp3) is 0.720. The zero-order chi connectivity index (χ0) is 19.9. The molecule has 0 aliphatic carbocycles. The summed E-state index contributed by atoms with van der Waals surface area (Å²) in [4.78, 5) is 11.8. The van der Waals surface area contributed by atoms with E-state index in [0.717, 1.165) is 18.4 Å². The fourth-order valence-corrected chi connectivity index (χ4v) is 3.77. The van der Waals surface area contributed by atoms with Crippen LogP contribution in [0.25, 0.3) is 0 Å². The molecule has 0 amide bonds. The summed E-state index contributed by atoms with van der Waals surface area (Å²) < 4.78 is 11.1. The van der Waals surface area contributed by atoms with E-state index in [-0.39, 0.29) is 5.97 Å². The highest BCUT2D eigenvalue weighted by atomic mass is 16.6. The molecule has 0 aromatic heterocycles. The summed E-state index contributed by atoms with van der Waals surface area (Å²) >= 11 is 0. The molecule has 0 bridgehead atoms. The van der Waals surface area contributed by atoms with Gasteiger partial charge in [0.2, 0.25) is 0 Å². The summed E-state index contributed by atoms with van der Waals surface area (Å²) in [5.74, 6) is -0.0795. The summed E-state index contributed by atoms with van der Waals surface area (Å²) in [6.07, 6.45) is 18.1. The normalized spacial score (nSPS) is 18.2. The minimum absolute atomic E-state index is 0.0795. The van der Waals surface area contributed by atoms with Crippen LogP contribution in [0.3, 0.4) is 0 Å². The molecule has 1 aromatic carbocycles. The van der Waals surface area contributed by atoms with Gasteiger partial charge in [-0.15, -0.1) is 0 Å². The van der Waals surface area contributed by atoms with Crippen molar-refractivity contribution in [1.29, 1.82) is 0 Å². The van der Waals surface area contributed by atoms with Crippen LogP contribution >= 0.6 is 0 Å². The minimum Gasteiger partial charge on any atom is -0.461 e. The van der Waals surface area contributed by atoms with Crippen molar-refractivity contribution < 1.29 is 14.3 Å². The molecule has 0 N–H and O–H groups in total. The van der Waals surface area contributed by atoms with Crippen LogP contribution in [-0.4, -0.2) is 18.2 Å². The first-order chi connectivity index (χ1) is 13.8. The highest BCUT2D eigenvalue weighted by Gasteiger charge is 2.36. The maximum Gasteiger partial charge on any atom is 0.306 e. The van der Waals surface area contributed by atoms with E-state index in [1.165, 1.54) is 70.6 Å². The molecule has 3 heteroatoms. The molecule has 0 spiro atoms. The van der Waals surface area contributed by atoms with Gasteiger partial charge in [-0.3, -0.25) is 4.79 Å². The number of carbonyl (C=O) groups is 1. The number of ether oxygens (including phenoxy) is 2. The van der Waals surface area contributed by atoms with Gasteiger partial charge in [-0.2, -0.15) is 0 Å². The van der Waals surface area contributed by atoms with Crippen molar-refractivity contribution in [1.82, 2.24) is 0 Å². The number of hydrogen-bond acceptors (Lipinski definition) is 3. The molecule has 1 aliphatic rings. The van der Waals surface area contributed by atoms with Crippen molar-refractivity contribution in [3.05, 3.63) is 35.9 Å². The van der Waals surface area contributed by atoms with Gasteiger partial charge in [0.05, 0.1) is 12.2 Å². The van der Waals surface area contributed by atoms with Crippen molar-refractivity contribution in [3.8, 4) is 0 Å². The fourth-order valence-electron chi connectivity index (χ4n) is 3.77. The molecule has 2 unspecified atom stereocenters. The Morgan fingerprint density at radius 1 is 0.821 bits per heavy atom. The summed E-state index contributed by atoms with van der Waals surface area (Å²) in [5.41, 5.74) is 1.05. The molecule has 0 radical (unpaired) electrons. The Hall–Kier alpha value is -1.35. The van der Waals surface area contributed by atoms with Gasteiger partial charge in [0.25, 0.3) is 0 Å². The average Bonchev–Trinajstić information content (AvgIpc) is 3.47. The van der Waals surface area contributed by atoms with Crippen molar-refractivity contribution in [2.24, 2.45) is 0 Å². The molecule has 2 rings (SSSR count). The van der Waals surface area contributed by atoms with E-state index in [2.05, 4.69) is 6.92 Å². The van der Waals surface area contributed by atoms with Crippen molar-refractivity contribution in [3.63, 3.8) is 0 Å². The maximum atomic E-state index is 11.8. The van der Waals surface area contributed by atoms with E-state index in [1.807, 2.05) is 30.3 Å². The first-order valence-corrected chi connectivity index (χ1v) is 11.6. The second-order valence-corrected chi connectivity index (χ2v) is 8.22. The lowest BCUT2D eigenvalue weighted by Gasteiger charge is -2.05. The molecular formula is C25H40O3. The highest BCUT2D eigenvalue weighted by molar-refractivity contribution is 5.69. The zero-order valence-corrected chi connectivity index (χ0v) is 17.9. The second kappa shape index (κ2) is 14.6. The lowest BCUT2D eigenvalue weighted by Crippen LogP contribution is -2.04. The van der Waals surface area contributed by atoms with Crippen molar-refractivity contribution in [2.45, 2.75) is 116 Å². The topological polar surface area (TPSA) is 38.8 Å². The summed E-state index contributed by atoms with van der Waals surface area (Å²) in [5, 5.41) is 0. The van der Waals surface area contributed by atoms with Crippen LogP contribution in [0.1, 0.15) is 102 Å². The molecule has 158 valence electrons. The number of rotatable bonds is 17. The Kier molecular flexibility index (Phi) is 12.0. The molecule has 0 saturated carbocycles. The third-order valence-corrected chi connectivity index (χ3v) is 5.64. The third kappa shape index (κ3) is 10.8. The minimum atomic E-state index is -0.0795. The van der Waals surface area contributed by atoms with Crippen LogP contribution in [0.5, 0.6) is 0 Å². The second-order valence-electron chi connectivity index (χ2n) is 8.22. The molecule has 1 aliphatic heterocycles. The van der Waals surface area contributed by atoms with Gasteiger partial charge in [0.1, 0.15) is 6.61 Å². The Balaban J connectivity index is 1.33. The summed E-state index contributed by atoms with van der Waals surface area (Å²) in [6.45, 7) is 2.66. The van der Waals surface area contributed by atoms with Gasteiger partial charge < -0.3 is 9.47 Å². The molecule has 1 heterocycles. The Bertz CT molecular complexity index is 514. The van der Waals surface area contributed by atoms with Gasteiger partial charge in [0.15, 0.2) is 0 Å². The van der Waals surface area contributed by atoms with E-state index in [1.54, 1.807) is 0 Å². The van der Waals surface area contributed by atoms with Crippen LogP contribution in [0.4, 0.5) is 0 Å². The van der Waals surface area contributed by atoms with Gasteiger partial charge >= 0.3 is 5.97 Å². The standard InChI is InChI=1S/C25H40O3/c1-2-3-4-5-6-7-13-18-23-24(28-23)19-14-8-9-15-20-25(26)27-21-22-16-11-10-12-17-22/h10-12,16-17,23-24H,2-9,13-15,18-21H2,1H3. The largest absolute Gasteiger partial charge is 0.461 e. The smallest absolute Gasteiger partial charge is 0.306 e. The predicted octanol–water partition coefficient (Wildman–Crippen LogP) is 6.98. The van der Waals surface area contributed by atoms with E-state index in [9.17, 15) is 4.79 Å². The van der Waals surface area contributed by atoms with Crippen LogP contribution < -0.4 is 0 Å². The molecule has 28 heavy (non-hydrogen) atoms. The summed E-state index contributed by atoms with van der Waals surface area (Å²) in [6, 6.07) is 9.86. The Labute approximate surface area is 172 Å². The summed E-state index contributed by atoms with van der Waals surface area (Å²) in [7, 11) is 0. The molecule has 2 atom stereocenters. The van der Waals surface area contributed by atoms with Gasteiger partial charge in [0, 0.05) is 6.42 Å². The molecule has 1 aromatic rings. The van der Waals surface area contributed by atoms with Gasteiger partial charge in [-0.05, 0) is 24.8 Å². The van der Waals surface area contributed by atoms with Gasteiger partial charge in [-0.25, -0.2) is 0 Å². The molecule has 1 saturated heterocycles. The predicted molar refractivity (Wildman–Crippen MR) is 115 cm³/mol. The Morgan fingerprint density at radius 3 is 2.04 bits per heavy atom. The van der Waals surface area contributed by atoms with E-state index < -0.39 is 0 Å². The van der Waals surface area contributed by atoms with Crippen LogP contribution in [0.2, 0.25) is 0 Å². The highest BCUT2D eigenvalue weighted by Crippen LogP contribution is 2.31. The maximum absolute atomic E-state index is 11.8. The number of esters is 1. The monoisotopic (exact) mass is 388 g/mol. The first kappa shape index (κ1) is 22.9. The number of carbonyl (C=O) groups excluding carboxylic acids is 1. The molecule has 1 fully saturated rings. The number of hydrogen-bond donors (Lipinski definition) is 0. The van der Waals surface area contributed by atoms with Crippen molar-refractivity contribution >= 4 is 5.97 Å². The molecule has 3 nitrogen and oxygen atoms in total. The molecular weight excluding hydrogens is 348 g/mol. The lowest BCUT2D eigenvalue weighted by molar-refractivity contribution is -0.145. The lowest BCUT2D eigenvalue weighted by atomic mass is 10.0. The van der Waals surface area contributed by atoms with Crippen LogP contribution in [0.15, 0.2) is 30.3 Å². The quantitative estimate of drug-likeness (QED) is 0.164.